The second-order valence-electron chi connectivity index (χ2n) is 6.16. The van der Waals surface area contributed by atoms with Crippen LogP contribution in [0.25, 0.3) is 0 Å². The molecular weight excluding hydrogens is 368 g/mol. The van der Waals surface area contributed by atoms with Crippen molar-refractivity contribution in [1.82, 2.24) is 0 Å². The highest BCUT2D eigenvalue weighted by molar-refractivity contribution is 5.48. The lowest BCUT2D eigenvalue weighted by molar-refractivity contribution is 0.169. The molecule has 152 valence electrons. The summed E-state index contributed by atoms with van der Waals surface area (Å²) in [5, 5.41) is 37.9. The summed E-state index contributed by atoms with van der Waals surface area (Å²) in [4.78, 5) is 0. The number of hydrogen-bond acceptors (Lipinski definition) is 8. The first kappa shape index (κ1) is 20.2. The molecule has 2 aromatic rings. The molecule has 0 fully saturated rings. The van der Waals surface area contributed by atoms with Crippen LogP contribution in [-0.4, -0.2) is 46.9 Å². The first-order valence-electron chi connectivity index (χ1n) is 8.96. The molecule has 0 amide bonds. The van der Waals surface area contributed by atoms with Crippen molar-refractivity contribution < 1.29 is 39.4 Å². The number of rotatable bonds is 4. The van der Waals surface area contributed by atoms with Gasteiger partial charge in [0.25, 0.3) is 0 Å². The van der Waals surface area contributed by atoms with Gasteiger partial charge in [-0.3, -0.25) is 0 Å². The fourth-order valence-electron chi connectivity index (χ4n) is 2.93. The van der Waals surface area contributed by atoms with E-state index < -0.39 is 0 Å². The van der Waals surface area contributed by atoms with Crippen molar-refractivity contribution in [3.8, 4) is 23.0 Å². The van der Waals surface area contributed by atoms with Crippen LogP contribution in [0.3, 0.4) is 0 Å². The molecule has 1 aliphatic heterocycles. The Hall–Kier alpha value is -2.52. The average molecular weight is 392 g/mol. The van der Waals surface area contributed by atoms with E-state index in [-0.39, 0.29) is 52.9 Å². The van der Waals surface area contributed by atoms with Crippen molar-refractivity contribution in [3.05, 3.63) is 46.5 Å². The summed E-state index contributed by atoms with van der Waals surface area (Å²) in [6, 6.07) is 6.55. The number of ether oxygens (including phenoxy) is 4. The molecule has 1 aliphatic rings. The Balaban J connectivity index is 1.83. The van der Waals surface area contributed by atoms with Gasteiger partial charge >= 0.3 is 0 Å². The summed E-state index contributed by atoms with van der Waals surface area (Å²) in [5.41, 5.74) is 2.24. The molecule has 8 nitrogen and oxygen atoms in total. The molecule has 8 heteroatoms. The van der Waals surface area contributed by atoms with Crippen LogP contribution >= 0.6 is 0 Å². The van der Waals surface area contributed by atoms with Gasteiger partial charge in [-0.15, -0.1) is 0 Å². The first-order chi connectivity index (χ1) is 13.7. The van der Waals surface area contributed by atoms with Crippen LogP contribution < -0.4 is 18.9 Å². The Bertz CT molecular complexity index is 672. The topological polar surface area (TPSA) is 118 Å². The molecule has 1 heterocycles. The molecule has 0 bridgehead atoms. The number of aliphatic hydroxyl groups is 4. The van der Waals surface area contributed by atoms with Gasteiger partial charge in [-0.05, 0) is 46.5 Å². The molecule has 0 atom stereocenters. The van der Waals surface area contributed by atoms with Gasteiger partial charge in [-0.2, -0.15) is 0 Å². The average Bonchev–Trinajstić information content (AvgIpc) is 2.73. The van der Waals surface area contributed by atoms with Crippen LogP contribution in [0.4, 0.5) is 0 Å². The molecule has 28 heavy (non-hydrogen) atoms. The van der Waals surface area contributed by atoms with Crippen LogP contribution in [0.1, 0.15) is 22.3 Å². The van der Waals surface area contributed by atoms with E-state index in [0.29, 0.717) is 45.3 Å². The summed E-state index contributed by atoms with van der Waals surface area (Å²) >= 11 is 0. The lowest BCUT2D eigenvalue weighted by atomic mass is 10.1. The van der Waals surface area contributed by atoms with Gasteiger partial charge in [0.2, 0.25) is 0 Å². The van der Waals surface area contributed by atoms with Crippen LogP contribution in [0.2, 0.25) is 0 Å². The molecule has 0 spiro atoms. The number of hydrogen-bond donors (Lipinski definition) is 4. The molecule has 3 rings (SSSR count). The summed E-state index contributed by atoms with van der Waals surface area (Å²) in [5.74, 6) is 1.77. The van der Waals surface area contributed by atoms with Crippen LogP contribution in [0.15, 0.2) is 24.3 Å². The van der Waals surface area contributed by atoms with Gasteiger partial charge in [-0.1, -0.05) is 0 Å². The lowest BCUT2D eigenvalue weighted by Gasteiger charge is -2.20. The quantitative estimate of drug-likeness (QED) is 0.606. The summed E-state index contributed by atoms with van der Waals surface area (Å²) in [7, 11) is 0. The molecule has 0 saturated heterocycles. The monoisotopic (exact) mass is 392 g/mol. The van der Waals surface area contributed by atoms with Gasteiger partial charge < -0.3 is 39.4 Å². The van der Waals surface area contributed by atoms with Gasteiger partial charge in [0.15, 0.2) is 23.0 Å². The van der Waals surface area contributed by atoms with E-state index in [1.807, 2.05) is 0 Å². The van der Waals surface area contributed by atoms with Gasteiger partial charge in [0, 0.05) is 0 Å². The predicted molar refractivity (Wildman–Crippen MR) is 98.6 cm³/mol. The van der Waals surface area contributed by atoms with Crippen LogP contribution in [0, 0.1) is 0 Å². The van der Waals surface area contributed by atoms with E-state index in [1.54, 1.807) is 24.3 Å². The fraction of sp³-hybridized carbons (Fsp3) is 0.400. The fourth-order valence-corrected chi connectivity index (χ4v) is 2.93. The van der Waals surface area contributed by atoms with Crippen molar-refractivity contribution in [1.29, 1.82) is 0 Å². The van der Waals surface area contributed by atoms with Gasteiger partial charge in [-0.25, -0.2) is 0 Å². The molecule has 0 radical (unpaired) electrons. The zero-order chi connectivity index (χ0) is 19.9. The molecule has 0 aliphatic carbocycles. The van der Waals surface area contributed by atoms with Crippen molar-refractivity contribution in [2.45, 2.75) is 26.4 Å². The number of aliphatic hydroxyl groups excluding tert-OH is 4. The first-order valence-corrected chi connectivity index (χ1v) is 8.96. The zero-order valence-electron chi connectivity index (χ0n) is 15.4. The molecule has 0 saturated carbocycles. The van der Waals surface area contributed by atoms with Crippen LogP contribution in [0.5, 0.6) is 23.0 Å². The highest BCUT2D eigenvalue weighted by Crippen LogP contribution is 2.34. The van der Waals surface area contributed by atoms with Crippen molar-refractivity contribution in [2.75, 3.05) is 26.4 Å². The second kappa shape index (κ2) is 9.61. The maximum Gasteiger partial charge on any atom is 0.161 e. The van der Waals surface area contributed by atoms with E-state index in [4.69, 9.17) is 18.9 Å². The SMILES string of the molecule is OCc1cc2c(cc1CO)OCCOc1cc(CO)c(CO)cc1OCCO2. The maximum atomic E-state index is 9.47. The van der Waals surface area contributed by atoms with Crippen LogP contribution in [-0.2, 0) is 26.4 Å². The molecule has 4 N–H and O–H groups in total. The predicted octanol–water partition coefficient (Wildman–Crippen LogP) is 0.885. The number of fused-ring (bicyclic) bond motifs is 2. The van der Waals surface area contributed by atoms with Crippen molar-refractivity contribution >= 4 is 0 Å². The van der Waals surface area contributed by atoms with Crippen molar-refractivity contribution in [3.63, 3.8) is 0 Å². The summed E-state index contributed by atoms with van der Waals surface area (Å²) in [6.07, 6.45) is 0. The largest absolute Gasteiger partial charge is 0.486 e. The summed E-state index contributed by atoms with van der Waals surface area (Å²) in [6.45, 7) is -0.0873. The Morgan fingerprint density at radius 3 is 0.857 bits per heavy atom. The van der Waals surface area contributed by atoms with Gasteiger partial charge in [0.1, 0.15) is 26.4 Å². The third kappa shape index (κ3) is 4.48. The minimum absolute atomic E-state index is 0.204. The van der Waals surface area contributed by atoms with Gasteiger partial charge in [0.05, 0.1) is 26.4 Å². The Morgan fingerprint density at radius 2 is 0.679 bits per heavy atom. The standard InChI is InChI=1S/C20H24O8/c21-9-13-5-17-18(6-14(13)10-22)27-3-4-28-20-8-16(12-24)15(11-23)7-19(20)26-2-1-25-17/h5-8,21-24H,1-4,9-12H2. The molecule has 0 unspecified atom stereocenters. The van der Waals surface area contributed by atoms with E-state index in [1.165, 1.54) is 0 Å². The molecule has 0 aromatic heterocycles. The Kier molecular flexibility index (Phi) is 6.94. The third-order valence-corrected chi connectivity index (χ3v) is 4.41. The minimum atomic E-state index is -0.226. The normalized spacial score (nSPS) is 14.1. The minimum Gasteiger partial charge on any atom is -0.486 e. The maximum absolute atomic E-state index is 9.47. The Morgan fingerprint density at radius 1 is 0.464 bits per heavy atom. The summed E-state index contributed by atoms with van der Waals surface area (Å²) < 4.78 is 23.0. The second-order valence-corrected chi connectivity index (χ2v) is 6.16. The Labute approximate surface area is 162 Å². The highest BCUT2D eigenvalue weighted by Gasteiger charge is 2.15. The van der Waals surface area contributed by atoms with E-state index >= 15 is 0 Å². The lowest BCUT2D eigenvalue weighted by Crippen LogP contribution is -2.16. The smallest absolute Gasteiger partial charge is 0.161 e. The highest BCUT2D eigenvalue weighted by atomic mass is 16.6. The molecular formula is C20H24O8. The van der Waals surface area contributed by atoms with E-state index in [9.17, 15) is 20.4 Å². The van der Waals surface area contributed by atoms with E-state index in [0.717, 1.165) is 0 Å². The van der Waals surface area contributed by atoms with Crippen molar-refractivity contribution in [2.24, 2.45) is 0 Å². The number of benzene rings is 2. The molecule has 2 aromatic carbocycles. The third-order valence-electron chi connectivity index (χ3n) is 4.41. The van der Waals surface area contributed by atoms with E-state index in [2.05, 4.69) is 0 Å². The zero-order valence-corrected chi connectivity index (χ0v) is 15.4.